The monoisotopic (exact) mass is 236 g/mol. The van der Waals surface area contributed by atoms with Crippen molar-refractivity contribution in [2.75, 3.05) is 5.73 Å². The molecule has 1 aromatic carbocycles. The summed E-state index contributed by atoms with van der Waals surface area (Å²) in [6.45, 7) is 0. The van der Waals surface area contributed by atoms with E-state index in [0.717, 1.165) is 14.8 Å². The molecule has 2 nitrogen and oxygen atoms in total. The van der Waals surface area contributed by atoms with Crippen molar-refractivity contribution in [1.82, 2.24) is 4.98 Å². The first kappa shape index (κ1) is 10.3. The van der Waals surface area contributed by atoms with Gasteiger partial charge in [-0.1, -0.05) is 35.5 Å². The van der Waals surface area contributed by atoms with Crippen molar-refractivity contribution in [1.29, 1.82) is 0 Å². The molecule has 0 atom stereocenters. The summed E-state index contributed by atoms with van der Waals surface area (Å²) in [6.07, 6.45) is 3.36. The lowest BCUT2D eigenvalue weighted by Gasteiger charge is -2.05. The number of benzene rings is 1. The van der Waals surface area contributed by atoms with Crippen LogP contribution in [0.1, 0.15) is 0 Å². The number of anilines is 1. The molecule has 0 saturated carbocycles. The Morgan fingerprint density at radius 3 is 2.67 bits per heavy atom. The maximum atomic E-state index is 6.05. The van der Waals surface area contributed by atoms with E-state index in [0.29, 0.717) is 5.69 Å². The van der Waals surface area contributed by atoms with Crippen LogP contribution in [0, 0.1) is 0 Å². The topological polar surface area (TPSA) is 38.9 Å². The molecule has 2 aromatic rings. The number of nitrogens with zero attached hydrogens (tertiary/aromatic N) is 1. The molecule has 0 aliphatic heterocycles. The average Bonchev–Trinajstić information content (AvgIpc) is 2.24. The lowest BCUT2D eigenvalue weighted by molar-refractivity contribution is 1.27. The molecular formula is C11H9ClN2S. The largest absolute Gasteiger partial charge is 0.397 e. The Morgan fingerprint density at radius 1 is 1.13 bits per heavy atom. The van der Waals surface area contributed by atoms with Crippen LogP contribution in [-0.2, 0) is 0 Å². The zero-order chi connectivity index (χ0) is 10.7. The molecular weight excluding hydrogens is 228 g/mol. The number of nitrogen functional groups attached to an aromatic ring is 1. The molecule has 0 bridgehead atoms. The van der Waals surface area contributed by atoms with Crippen molar-refractivity contribution in [3.63, 3.8) is 0 Å². The smallest absolute Gasteiger partial charge is 0.0642 e. The number of nitrogens with two attached hydrogens (primary N) is 1. The fourth-order valence-corrected chi connectivity index (χ4v) is 2.23. The molecule has 0 aliphatic rings. The van der Waals surface area contributed by atoms with Gasteiger partial charge in [0.05, 0.1) is 16.9 Å². The standard InChI is InChI=1S/C11H9ClN2S/c12-8-3-1-2-4-10(8)15-11-5-6-14-7-9(11)13/h1-7H,13H2. The third-order valence-corrected chi connectivity index (χ3v) is 3.48. The van der Waals surface area contributed by atoms with Gasteiger partial charge >= 0.3 is 0 Å². The molecule has 0 amide bonds. The fourth-order valence-electron chi connectivity index (χ4n) is 1.13. The van der Waals surface area contributed by atoms with Crippen LogP contribution in [0.15, 0.2) is 52.5 Å². The molecule has 0 aliphatic carbocycles. The highest BCUT2D eigenvalue weighted by atomic mass is 35.5. The molecule has 2 rings (SSSR count). The highest BCUT2D eigenvalue weighted by Crippen LogP contribution is 2.35. The summed E-state index contributed by atoms with van der Waals surface area (Å²) >= 11 is 7.59. The van der Waals surface area contributed by atoms with Crippen molar-refractivity contribution in [2.45, 2.75) is 9.79 Å². The number of aromatic nitrogens is 1. The van der Waals surface area contributed by atoms with Gasteiger partial charge < -0.3 is 5.73 Å². The second-order valence-corrected chi connectivity index (χ2v) is 4.44. The van der Waals surface area contributed by atoms with Gasteiger partial charge in [-0.25, -0.2) is 0 Å². The number of hydrogen-bond acceptors (Lipinski definition) is 3. The molecule has 15 heavy (non-hydrogen) atoms. The number of rotatable bonds is 2. The third-order valence-electron chi connectivity index (χ3n) is 1.87. The Balaban J connectivity index is 2.30. The fraction of sp³-hybridized carbons (Fsp3) is 0. The Labute approximate surface area is 97.5 Å². The molecule has 0 unspecified atom stereocenters. The van der Waals surface area contributed by atoms with Gasteiger partial charge in [0, 0.05) is 16.0 Å². The summed E-state index contributed by atoms with van der Waals surface area (Å²) in [6, 6.07) is 9.56. The lowest BCUT2D eigenvalue weighted by atomic mass is 10.4. The van der Waals surface area contributed by atoms with Crippen molar-refractivity contribution >= 4 is 29.1 Å². The second-order valence-electron chi connectivity index (χ2n) is 2.95. The summed E-state index contributed by atoms with van der Waals surface area (Å²) in [7, 11) is 0. The summed E-state index contributed by atoms with van der Waals surface area (Å²) in [5.74, 6) is 0. The molecule has 0 fully saturated rings. The van der Waals surface area contributed by atoms with Crippen molar-refractivity contribution < 1.29 is 0 Å². The summed E-state index contributed by atoms with van der Waals surface area (Å²) in [4.78, 5) is 5.91. The van der Waals surface area contributed by atoms with E-state index in [1.54, 1.807) is 24.2 Å². The van der Waals surface area contributed by atoms with E-state index in [4.69, 9.17) is 17.3 Å². The highest BCUT2D eigenvalue weighted by Gasteiger charge is 2.04. The first-order chi connectivity index (χ1) is 7.27. The predicted molar refractivity (Wildman–Crippen MR) is 64.2 cm³/mol. The third kappa shape index (κ3) is 2.43. The van der Waals surface area contributed by atoms with E-state index >= 15 is 0 Å². The quantitative estimate of drug-likeness (QED) is 0.868. The lowest BCUT2D eigenvalue weighted by Crippen LogP contribution is -1.88. The van der Waals surface area contributed by atoms with E-state index in [1.807, 2.05) is 30.3 Å². The van der Waals surface area contributed by atoms with Gasteiger partial charge in [-0.05, 0) is 18.2 Å². The van der Waals surface area contributed by atoms with Crippen LogP contribution in [0.25, 0.3) is 0 Å². The van der Waals surface area contributed by atoms with Crippen LogP contribution in [-0.4, -0.2) is 4.98 Å². The first-order valence-corrected chi connectivity index (χ1v) is 5.58. The van der Waals surface area contributed by atoms with Crippen LogP contribution in [0.4, 0.5) is 5.69 Å². The first-order valence-electron chi connectivity index (χ1n) is 4.39. The minimum absolute atomic E-state index is 0.669. The maximum absolute atomic E-state index is 6.05. The maximum Gasteiger partial charge on any atom is 0.0642 e. The van der Waals surface area contributed by atoms with Crippen molar-refractivity contribution in [2.24, 2.45) is 0 Å². The van der Waals surface area contributed by atoms with E-state index < -0.39 is 0 Å². The Morgan fingerprint density at radius 2 is 1.93 bits per heavy atom. The molecule has 1 aromatic heterocycles. The minimum atomic E-state index is 0.669. The van der Waals surface area contributed by atoms with E-state index in [-0.39, 0.29) is 0 Å². The Kier molecular flexibility index (Phi) is 3.14. The van der Waals surface area contributed by atoms with E-state index in [2.05, 4.69) is 4.98 Å². The number of hydrogen-bond donors (Lipinski definition) is 1. The predicted octanol–water partition coefficient (Wildman–Crippen LogP) is 3.47. The summed E-state index contributed by atoms with van der Waals surface area (Å²) in [5, 5.41) is 0.735. The molecule has 0 saturated heterocycles. The van der Waals surface area contributed by atoms with Gasteiger partial charge in [-0.3, -0.25) is 4.98 Å². The average molecular weight is 237 g/mol. The van der Waals surface area contributed by atoms with E-state index in [9.17, 15) is 0 Å². The minimum Gasteiger partial charge on any atom is -0.397 e. The van der Waals surface area contributed by atoms with Crippen molar-refractivity contribution in [3.8, 4) is 0 Å². The molecule has 0 spiro atoms. The van der Waals surface area contributed by atoms with Gasteiger partial charge in [0.1, 0.15) is 0 Å². The van der Waals surface area contributed by atoms with Crippen LogP contribution < -0.4 is 5.73 Å². The molecule has 2 N–H and O–H groups in total. The SMILES string of the molecule is Nc1cnccc1Sc1ccccc1Cl. The summed E-state index contributed by atoms with van der Waals surface area (Å²) < 4.78 is 0. The zero-order valence-corrected chi connectivity index (χ0v) is 9.42. The number of halogens is 1. The normalized spacial score (nSPS) is 10.2. The second kappa shape index (κ2) is 4.55. The zero-order valence-electron chi connectivity index (χ0n) is 7.85. The molecule has 1 heterocycles. The van der Waals surface area contributed by atoms with Gasteiger partial charge in [-0.15, -0.1) is 0 Å². The van der Waals surface area contributed by atoms with Crippen LogP contribution in [0.3, 0.4) is 0 Å². The van der Waals surface area contributed by atoms with Gasteiger partial charge in [0.15, 0.2) is 0 Å². The Hall–Kier alpha value is -1.19. The molecule has 4 heteroatoms. The summed E-state index contributed by atoms with van der Waals surface area (Å²) in [5.41, 5.74) is 6.46. The van der Waals surface area contributed by atoms with Crippen LogP contribution in [0.2, 0.25) is 5.02 Å². The van der Waals surface area contributed by atoms with Gasteiger partial charge in [0.25, 0.3) is 0 Å². The van der Waals surface area contributed by atoms with E-state index in [1.165, 1.54) is 0 Å². The Bertz CT molecular complexity index is 430. The molecule has 0 radical (unpaired) electrons. The van der Waals surface area contributed by atoms with Gasteiger partial charge in [0.2, 0.25) is 0 Å². The molecule has 76 valence electrons. The van der Waals surface area contributed by atoms with Crippen LogP contribution >= 0.6 is 23.4 Å². The van der Waals surface area contributed by atoms with Crippen molar-refractivity contribution in [3.05, 3.63) is 47.7 Å². The van der Waals surface area contributed by atoms with Gasteiger partial charge in [-0.2, -0.15) is 0 Å². The van der Waals surface area contributed by atoms with Crippen LogP contribution in [0.5, 0.6) is 0 Å². The number of pyridine rings is 1. The highest BCUT2D eigenvalue weighted by molar-refractivity contribution is 7.99.